The molecule has 120 valence electrons. The lowest BCUT2D eigenvalue weighted by molar-refractivity contribution is 0.415. The summed E-state index contributed by atoms with van der Waals surface area (Å²) >= 11 is 7.65. The van der Waals surface area contributed by atoms with E-state index in [0.717, 1.165) is 44.3 Å². The number of nitrogens with zero attached hydrogens (tertiary/aromatic N) is 1. The average molecular weight is 356 g/mol. The number of hydrogen-bond donors (Lipinski definition) is 0. The lowest BCUT2D eigenvalue weighted by Crippen LogP contribution is -1.83. The Balaban J connectivity index is 2.03. The van der Waals surface area contributed by atoms with Crippen molar-refractivity contribution in [1.29, 1.82) is 0 Å². The van der Waals surface area contributed by atoms with Crippen molar-refractivity contribution in [1.82, 2.24) is 4.98 Å². The smallest absolute Gasteiger partial charge is 0.162 e. The third kappa shape index (κ3) is 2.58. The van der Waals surface area contributed by atoms with Crippen molar-refractivity contribution < 1.29 is 9.15 Å². The highest BCUT2D eigenvalue weighted by Crippen LogP contribution is 2.42. The Bertz CT molecular complexity index is 1020. The van der Waals surface area contributed by atoms with Crippen LogP contribution in [0.4, 0.5) is 0 Å². The highest BCUT2D eigenvalue weighted by Gasteiger charge is 2.20. The lowest BCUT2D eigenvalue weighted by atomic mass is 10.0. The minimum Gasteiger partial charge on any atom is -0.497 e. The zero-order chi connectivity index (χ0) is 16.7. The molecule has 0 radical (unpaired) electrons. The molecule has 0 atom stereocenters. The monoisotopic (exact) mass is 355 g/mol. The third-order valence-corrected chi connectivity index (χ3v) is 4.91. The fraction of sp³-hybridized carbons (Fsp3) is 0.105. The van der Waals surface area contributed by atoms with Crippen LogP contribution < -0.4 is 4.74 Å². The number of fused-ring (bicyclic) bond motifs is 1. The van der Waals surface area contributed by atoms with Gasteiger partial charge in [-0.2, -0.15) is 0 Å². The highest BCUT2D eigenvalue weighted by molar-refractivity contribution is 7.09. The molecule has 4 aromatic rings. The first-order valence-electron chi connectivity index (χ1n) is 7.44. The number of benzene rings is 2. The summed E-state index contributed by atoms with van der Waals surface area (Å²) in [7, 11) is 1.66. The molecule has 24 heavy (non-hydrogen) atoms. The Labute approximate surface area is 148 Å². The van der Waals surface area contributed by atoms with E-state index in [4.69, 9.17) is 20.8 Å². The fourth-order valence-electron chi connectivity index (χ4n) is 2.75. The van der Waals surface area contributed by atoms with E-state index >= 15 is 0 Å². The van der Waals surface area contributed by atoms with Crippen molar-refractivity contribution in [2.24, 2.45) is 0 Å². The van der Waals surface area contributed by atoms with Gasteiger partial charge in [-0.25, -0.2) is 4.98 Å². The minimum absolute atomic E-state index is 0.704. The summed E-state index contributed by atoms with van der Waals surface area (Å²) < 4.78 is 11.5. The molecular formula is C19H14ClNO2S. The summed E-state index contributed by atoms with van der Waals surface area (Å²) in [5.74, 6) is 1.56. The molecule has 0 unspecified atom stereocenters. The number of rotatable bonds is 3. The lowest BCUT2D eigenvalue weighted by Gasteiger charge is -2.03. The molecule has 0 aliphatic carbocycles. The standard InChI is InChI=1S/C19H14ClNO2S/c1-11-21-16(10-24-11)19-18(12-3-5-13(20)6-4-12)15-9-14(22-2)7-8-17(15)23-19/h3-10H,1-2H3. The Morgan fingerprint density at radius 2 is 1.92 bits per heavy atom. The fourth-order valence-corrected chi connectivity index (χ4v) is 3.47. The molecule has 4 rings (SSSR count). The van der Waals surface area contributed by atoms with Crippen LogP contribution in [0.5, 0.6) is 5.75 Å². The van der Waals surface area contributed by atoms with Crippen LogP contribution in [0.3, 0.4) is 0 Å². The van der Waals surface area contributed by atoms with Gasteiger partial charge in [0.15, 0.2) is 5.76 Å². The van der Waals surface area contributed by atoms with E-state index in [9.17, 15) is 0 Å². The van der Waals surface area contributed by atoms with Gasteiger partial charge in [0.2, 0.25) is 0 Å². The minimum atomic E-state index is 0.704. The van der Waals surface area contributed by atoms with Crippen molar-refractivity contribution in [2.45, 2.75) is 6.92 Å². The quantitative estimate of drug-likeness (QED) is 0.439. The molecule has 0 spiro atoms. The van der Waals surface area contributed by atoms with Gasteiger partial charge in [-0.15, -0.1) is 11.3 Å². The topological polar surface area (TPSA) is 35.3 Å². The largest absolute Gasteiger partial charge is 0.497 e. The van der Waals surface area contributed by atoms with E-state index in [0.29, 0.717) is 5.02 Å². The van der Waals surface area contributed by atoms with Gasteiger partial charge < -0.3 is 9.15 Å². The summed E-state index contributed by atoms with van der Waals surface area (Å²) in [6, 6.07) is 13.6. The van der Waals surface area contributed by atoms with E-state index in [1.165, 1.54) is 0 Å². The maximum absolute atomic E-state index is 6.14. The highest BCUT2D eigenvalue weighted by atomic mass is 35.5. The molecule has 2 aromatic carbocycles. The van der Waals surface area contributed by atoms with Gasteiger partial charge in [-0.3, -0.25) is 0 Å². The number of hydrogen-bond acceptors (Lipinski definition) is 4. The number of halogens is 1. The van der Waals surface area contributed by atoms with Crippen molar-refractivity contribution >= 4 is 33.9 Å². The van der Waals surface area contributed by atoms with E-state index in [1.54, 1.807) is 18.4 Å². The van der Waals surface area contributed by atoms with Gasteiger partial charge in [-0.1, -0.05) is 23.7 Å². The molecule has 0 saturated heterocycles. The van der Waals surface area contributed by atoms with Gasteiger partial charge in [0.05, 0.1) is 12.1 Å². The number of methoxy groups -OCH3 is 1. The molecule has 0 amide bonds. The van der Waals surface area contributed by atoms with E-state index in [-0.39, 0.29) is 0 Å². The second-order valence-corrected chi connectivity index (χ2v) is 6.93. The van der Waals surface area contributed by atoms with Crippen LogP contribution in [0.15, 0.2) is 52.3 Å². The predicted molar refractivity (Wildman–Crippen MR) is 99.1 cm³/mol. The van der Waals surface area contributed by atoms with Gasteiger partial charge in [0.1, 0.15) is 17.0 Å². The average Bonchev–Trinajstić information content (AvgIpc) is 3.18. The van der Waals surface area contributed by atoms with Crippen molar-refractivity contribution in [3.05, 3.63) is 57.9 Å². The normalized spacial score (nSPS) is 11.1. The van der Waals surface area contributed by atoms with Crippen LogP contribution in [0, 0.1) is 6.92 Å². The van der Waals surface area contributed by atoms with Gasteiger partial charge in [0, 0.05) is 21.4 Å². The van der Waals surface area contributed by atoms with Gasteiger partial charge >= 0.3 is 0 Å². The molecule has 0 fully saturated rings. The summed E-state index contributed by atoms with van der Waals surface area (Å²) in [6.45, 7) is 1.99. The van der Waals surface area contributed by atoms with Gasteiger partial charge in [-0.05, 0) is 42.8 Å². The Hall–Kier alpha value is -2.30. The Morgan fingerprint density at radius 1 is 1.12 bits per heavy atom. The molecule has 0 aliphatic rings. The zero-order valence-corrected chi connectivity index (χ0v) is 14.7. The first-order chi connectivity index (χ1) is 11.7. The summed E-state index contributed by atoms with van der Waals surface area (Å²) in [6.07, 6.45) is 0. The second-order valence-electron chi connectivity index (χ2n) is 5.43. The number of aryl methyl sites for hydroxylation is 1. The first-order valence-corrected chi connectivity index (χ1v) is 8.70. The predicted octanol–water partition coefficient (Wildman–Crippen LogP) is 6.19. The number of aromatic nitrogens is 1. The Morgan fingerprint density at radius 3 is 2.58 bits per heavy atom. The number of ether oxygens (including phenoxy) is 1. The maximum Gasteiger partial charge on any atom is 0.162 e. The third-order valence-electron chi connectivity index (χ3n) is 3.88. The molecule has 5 heteroatoms. The molecule has 3 nitrogen and oxygen atoms in total. The van der Waals surface area contributed by atoms with Crippen LogP contribution in [0.1, 0.15) is 5.01 Å². The summed E-state index contributed by atoms with van der Waals surface area (Å²) in [5.41, 5.74) is 3.69. The molecule has 2 aromatic heterocycles. The van der Waals surface area contributed by atoms with Crippen LogP contribution >= 0.6 is 22.9 Å². The van der Waals surface area contributed by atoms with E-state index in [2.05, 4.69) is 4.98 Å². The molecular weight excluding hydrogens is 342 g/mol. The van der Waals surface area contributed by atoms with Crippen molar-refractivity contribution in [3.8, 4) is 28.3 Å². The van der Waals surface area contributed by atoms with E-state index < -0.39 is 0 Å². The van der Waals surface area contributed by atoms with E-state index in [1.807, 2.05) is 54.8 Å². The van der Waals surface area contributed by atoms with Crippen molar-refractivity contribution in [3.63, 3.8) is 0 Å². The number of furan rings is 1. The molecule has 0 bridgehead atoms. The summed E-state index contributed by atoms with van der Waals surface area (Å²) in [4.78, 5) is 4.59. The first kappa shape index (κ1) is 15.2. The number of thiazole rings is 1. The molecule has 0 N–H and O–H groups in total. The molecule has 0 saturated carbocycles. The zero-order valence-electron chi connectivity index (χ0n) is 13.2. The molecule has 0 aliphatic heterocycles. The van der Waals surface area contributed by atoms with Crippen LogP contribution in [0.2, 0.25) is 5.02 Å². The van der Waals surface area contributed by atoms with Crippen molar-refractivity contribution in [2.75, 3.05) is 7.11 Å². The van der Waals surface area contributed by atoms with Crippen LogP contribution in [0.25, 0.3) is 33.6 Å². The Kier molecular flexibility index (Phi) is 3.79. The van der Waals surface area contributed by atoms with Crippen LogP contribution in [-0.2, 0) is 0 Å². The van der Waals surface area contributed by atoms with Crippen LogP contribution in [-0.4, -0.2) is 12.1 Å². The molecule has 2 heterocycles. The van der Waals surface area contributed by atoms with Gasteiger partial charge in [0.25, 0.3) is 0 Å². The second kappa shape index (κ2) is 5.96. The maximum atomic E-state index is 6.14. The SMILES string of the molecule is COc1ccc2oc(-c3csc(C)n3)c(-c3ccc(Cl)cc3)c2c1. The summed E-state index contributed by atoms with van der Waals surface area (Å²) in [5, 5.41) is 4.72.